The van der Waals surface area contributed by atoms with Crippen molar-refractivity contribution in [2.45, 2.75) is 32.2 Å². The van der Waals surface area contributed by atoms with Crippen molar-refractivity contribution in [2.75, 3.05) is 6.61 Å². The molecule has 0 saturated carbocycles. The van der Waals surface area contributed by atoms with Crippen LogP contribution in [0.5, 0.6) is 0 Å². The third-order valence-electron chi connectivity index (χ3n) is 5.08. The first-order valence-corrected chi connectivity index (χ1v) is 9.71. The molecule has 0 heterocycles. The van der Waals surface area contributed by atoms with Gasteiger partial charge in [-0.3, -0.25) is 0 Å². The van der Waals surface area contributed by atoms with Crippen LogP contribution in [0.15, 0.2) is 48.5 Å². The van der Waals surface area contributed by atoms with Gasteiger partial charge in [0.15, 0.2) is 0 Å². The fourth-order valence-electron chi connectivity index (χ4n) is 3.44. The first-order valence-electron chi connectivity index (χ1n) is 8.85. The zero-order valence-electron chi connectivity index (χ0n) is 14.9. The predicted molar refractivity (Wildman–Crippen MR) is 102 cm³/mol. The SMILES string of the molecule is CC[C@@H](C)[C@@H](NC(=O)OCC1c2ccccc2-c2ccccc21)C(=O)[Se]. The summed E-state index contributed by atoms with van der Waals surface area (Å²) < 4.78 is 5.33. The summed E-state index contributed by atoms with van der Waals surface area (Å²) in [6, 6.07) is 15.8. The van der Waals surface area contributed by atoms with Crippen LogP contribution in [0, 0.1) is 5.92 Å². The Morgan fingerprint density at radius 1 is 1.08 bits per heavy atom. The minimum absolute atomic E-state index is 0.0130. The molecule has 0 aromatic heterocycles. The van der Waals surface area contributed by atoms with E-state index in [9.17, 15) is 9.59 Å². The number of carbonyl (C=O) groups excluding carboxylic acids is 2. The Morgan fingerprint density at radius 2 is 1.62 bits per heavy atom. The van der Waals surface area contributed by atoms with Gasteiger partial charge in [0.25, 0.3) is 0 Å². The molecule has 1 amide bonds. The normalized spacial score (nSPS) is 14.8. The number of fused-ring (bicyclic) bond motifs is 3. The van der Waals surface area contributed by atoms with Crippen LogP contribution in [0.3, 0.4) is 0 Å². The van der Waals surface area contributed by atoms with Crippen molar-refractivity contribution < 1.29 is 14.3 Å². The average Bonchev–Trinajstić information content (AvgIpc) is 2.97. The Kier molecular flexibility index (Phi) is 5.80. The third kappa shape index (κ3) is 3.69. The van der Waals surface area contributed by atoms with Gasteiger partial charge in [-0.05, 0) is 0 Å². The van der Waals surface area contributed by atoms with E-state index in [2.05, 4.69) is 45.6 Å². The first-order chi connectivity index (χ1) is 12.5. The summed E-state index contributed by atoms with van der Waals surface area (Å²) in [6.45, 7) is 4.17. The van der Waals surface area contributed by atoms with E-state index in [-0.39, 0.29) is 23.1 Å². The molecule has 0 fully saturated rings. The van der Waals surface area contributed by atoms with Crippen molar-refractivity contribution in [2.24, 2.45) is 5.92 Å². The molecular weight excluding hydrogens is 393 g/mol. The molecule has 26 heavy (non-hydrogen) atoms. The van der Waals surface area contributed by atoms with Gasteiger partial charge in [0.1, 0.15) is 0 Å². The van der Waals surface area contributed by atoms with Crippen molar-refractivity contribution in [1.29, 1.82) is 0 Å². The van der Waals surface area contributed by atoms with Gasteiger partial charge in [0, 0.05) is 0 Å². The predicted octanol–water partition coefficient (Wildman–Crippen LogP) is 3.63. The summed E-state index contributed by atoms with van der Waals surface area (Å²) >= 11 is 2.47. The van der Waals surface area contributed by atoms with E-state index in [1.54, 1.807) is 0 Å². The molecule has 2 aromatic rings. The second-order valence-electron chi connectivity index (χ2n) is 6.65. The zero-order valence-corrected chi connectivity index (χ0v) is 16.6. The van der Waals surface area contributed by atoms with Crippen molar-refractivity contribution in [1.82, 2.24) is 5.32 Å². The summed E-state index contributed by atoms with van der Waals surface area (Å²) in [6.07, 6.45) is 0.239. The Morgan fingerprint density at radius 3 is 2.12 bits per heavy atom. The van der Waals surface area contributed by atoms with Crippen molar-refractivity contribution in [3.05, 3.63) is 59.7 Å². The van der Waals surface area contributed by atoms with E-state index < -0.39 is 12.1 Å². The standard InChI is InChI=1S/C21H22NO3Se/c1-3-13(2)19(20(23)26)22-21(24)25-12-18-16-10-6-4-8-14(16)15-9-5-7-11-17(15)18/h4-11,13,18-19H,3,12H2,1-2H3,(H,22,24)/t13-,19-/m1/s1. The molecule has 2 aromatic carbocycles. The van der Waals surface area contributed by atoms with Gasteiger partial charge in [0.05, 0.1) is 0 Å². The van der Waals surface area contributed by atoms with E-state index in [0.717, 1.165) is 6.42 Å². The molecule has 5 heteroatoms. The molecule has 0 spiro atoms. The van der Waals surface area contributed by atoms with Crippen LogP contribution in [-0.2, 0) is 9.53 Å². The van der Waals surface area contributed by atoms with Crippen molar-refractivity contribution in [3.8, 4) is 11.1 Å². The molecule has 0 unspecified atom stereocenters. The summed E-state index contributed by atoms with van der Waals surface area (Å²) in [5, 5.41) is 2.70. The van der Waals surface area contributed by atoms with E-state index in [1.807, 2.05) is 38.1 Å². The van der Waals surface area contributed by atoms with Crippen molar-refractivity contribution >= 4 is 26.8 Å². The summed E-state index contributed by atoms with van der Waals surface area (Å²) in [5.41, 5.74) is 4.71. The quantitative estimate of drug-likeness (QED) is 0.733. The Bertz CT molecular complexity index is 775. The molecule has 1 aliphatic rings. The van der Waals surface area contributed by atoms with Crippen LogP contribution >= 0.6 is 0 Å². The van der Waals surface area contributed by atoms with Crippen LogP contribution < -0.4 is 5.32 Å². The van der Waals surface area contributed by atoms with E-state index in [4.69, 9.17) is 4.74 Å². The number of hydrogen-bond acceptors (Lipinski definition) is 3. The van der Waals surface area contributed by atoms with Gasteiger partial charge in [-0.25, -0.2) is 0 Å². The number of hydrogen-bond donors (Lipinski definition) is 1. The second kappa shape index (κ2) is 8.07. The van der Waals surface area contributed by atoms with Gasteiger partial charge < -0.3 is 0 Å². The van der Waals surface area contributed by atoms with Crippen LogP contribution in [0.4, 0.5) is 4.79 Å². The molecule has 0 saturated heterocycles. The van der Waals surface area contributed by atoms with E-state index in [0.29, 0.717) is 0 Å². The molecule has 3 rings (SSSR count). The van der Waals surface area contributed by atoms with Gasteiger partial charge in [-0.15, -0.1) is 0 Å². The number of amides is 1. The third-order valence-corrected chi connectivity index (χ3v) is 5.62. The molecule has 0 aliphatic heterocycles. The molecule has 2 atom stereocenters. The summed E-state index contributed by atoms with van der Waals surface area (Å²) in [7, 11) is 0. The Balaban J connectivity index is 1.72. The van der Waals surface area contributed by atoms with Gasteiger partial charge in [0.2, 0.25) is 0 Å². The van der Waals surface area contributed by atoms with E-state index >= 15 is 0 Å². The van der Waals surface area contributed by atoms with Crippen LogP contribution in [0.2, 0.25) is 0 Å². The number of alkyl carbamates (subject to hydrolysis) is 1. The molecular formula is C21H22NO3Se. The molecule has 135 valence electrons. The molecule has 4 nitrogen and oxygen atoms in total. The Labute approximate surface area is 162 Å². The monoisotopic (exact) mass is 416 g/mol. The minimum atomic E-state index is -0.560. The van der Waals surface area contributed by atoms with Crippen LogP contribution in [0.25, 0.3) is 11.1 Å². The van der Waals surface area contributed by atoms with Crippen LogP contribution in [0.1, 0.15) is 37.3 Å². The summed E-state index contributed by atoms with van der Waals surface area (Å²) in [4.78, 5) is 24.0. The fraction of sp³-hybridized carbons (Fsp3) is 0.333. The van der Waals surface area contributed by atoms with Crippen molar-refractivity contribution in [3.63, 3.8) is 0 Å². The van der Waals surface area contributed by atoms with Gasteiger partial charge in [-0.2, -0.15) is 0 Å². The number of rotatable bonds is 6. The molecule has 0 bridgehead atoms. The summed E-state index contributed by atoms with van der Waals surface area (Å²) in [5.74, 6) is 0.0586. The van der Waals surface area contributed by atoms with Gasteiger partial charge in [-0.1, -0.05) is 0 Å². The molecule has 1 N–H and O–H groups in total. The topological polar surface area (TPSA) is 55.4 Å². The zero-order chi connectivity index (χ0) is 18.7. The average molecular weight is 415 g/mol. The van der Waals surface area contributed by atoms with Gasteiger partial charge >= 0.3 is 162 Å². The maximum absolute atomic E-state index is 12.3. The number of benzene rings is 2. The first kappa shape index (κ1) is 18.7. The molecule has 1 radical (unpaired) electrons. The maximum atomic E-state index is 12.3. The number of nitrogens with one attached hydrogen (secondary N) is 1. The second-order valence-corrected chi connectivity index (χ2v) is 7.50. The molecule has 1 aliphatic carbocycles. The number of ether oxygens (including phenoxy) is 1. The fourth-order valence-corrected chi connectivity index (χ4v) is 4.05. The number of carbonyl (C=O) groups is 2. The Hall–Kier alpha value is -2.10. The van der Waals surface area contributed by atoms with Crippen LogP contribution in [-0.4, -0.2) is 39.4 Å². The van der Waals surface area contributed by atoms with E-state index in [1.165, 1.54) is 22.3 Å².